The van der Waals surface area contributed by atoms with Gasteiger partial charge in [0.25, 0.3) is 0 Å². The Kier molecular flexibility index (Phi) is 36.5. The Hall–Kier alpha value is -1.85. The molecule has 0 aliphatic heterocycles. The lowest BCUT2D eigenvalue weighted by molar-refractivity contribution is -0.150. The molecule has 1 amide bonds. The number of hydrogen-bond donors (Lipinski definition) is 2. The highest BCUT2D eigenvalue weighted by molar-refractivity contribution is 5.80. The van der Waals surface area contributed by atoms with Crippen molar-refractivity contribution in [3.63, 3.8) is 0 Å². The van der Waals surface area contributed by atoms with Crippen LogP contribution in [0.15, 0.2) is 12.2 Å². The summed E-state index contributed by atoms with van der Waals surface area (Å²) in [6.07, 6.45) is 43.3. The molecule has 0 saturated carbocycles. The van der Waals surface area contributed by atoms with Crippen molar-refractivity contribution in [2.24, 2.45) is 0 Å². The van der Waals surface area contributed by atoms with E-state index in [0.29, 0.717) is 12.8 Å². The summed E-state index contributed by atoms with van der Waals surface area (Å²) in [5.74, 6) is -1.24. The minimum atomic E-state index is -1.02. The lowest BCUT2D eigenvalue weighted by Crippen LogP contribution is -2.28. The summed E-state index contributed by atoms with van der Waals surface area (Å²) in [6, 6.07) is 0. The van der Waals surface area contributed by atoms with Crippen LogP contribution in [0.4, 0.5) is 0 Å². The number of carbonyl (C=O) groups excluding carboxylic acids is 2. The Morgan fingerprint density at radius 2 is 0.917 bits per heavy atom. The lowest BCUT2D eigenvalue weighted by Gasteiger charge is -2.18. The molecule has 0 heterocycles. The van der Waals surface area contributed by atoms with E-state index in [4.69, 9.17) is 9.84 Å². The molecule has 282 valence electrons. The molecular formula is C42H79NO5. The first-order valence-corrected chi connectivity index (χ1v) is 20.8. The molecule has 0 aromatic rings. The number of nitrogens with one attached hydrogen (secondary N) is 1. The molecule has 6 heteroatoms. The first kappa shape index (κ1) is 46.1. The topological polar surface area (TPSA) is 92.7 Å². The van der Waals surface area contributed by atoms with E-state index in [9.17, 15) is 14.4 Å². The number of unbranched alkanes of at least 4 members (excludes halogenated alkanes) is 25. The number of carbonyl (C=O) groups is 3. The molecule has 0 spiro atoms. The van der Waals surface area contributed by atoms with E-state index in [1.54, 1.807) is 0 Å². The predicted octanol–water partition coefficient (Wildman–Crippen LogP) is 12.6. The fourth-order valence-electron chi connectivity index (χ4n) is 6.34. The van der Waals surface area contributed by atoms with Crippen molar-refractivity contribution in [1.29, 1.82) is 0 Å². The van der Waals surface area contributed by atoms with Crippen molar-refractivity contribution in [3.8, 4) is 0 Å². The molecule has 0 aromatic carbocycles. The Morgan fingerprint density at radius 1 is 0.521 bits per heavy atom. The summed E-state index contributed by atoms with van der Waals surface area (Å²) in [4.78, 5) is 34.9. The van der Waals surface area contributed by atoms with Gasteiger partial charge in [-0.15, -0.1) is 0 Å². The van der Waals surface area contributed by atoms with Crippen molar-refractivity contribution >= 4 is 17.8 Å². The van der Waals surface area contributed by atoms with Gasteiger partial charge in [0.15, 0.2) is 0 Å². The average molecular weight is 678 g/mol. The molecule has 48 heavy (non-hydrogen) atoms. The highest BCUT2D eigenvalue weighted by Gasteiger charge is 2.14. The maximum atomic E-state index is 12.7. The highest BCUT2D eigenvalue weighted by atomic mass is 16.5. The van der Waals surface area contributed by atoms with E-state index >= 15 is 0 Å². The van der Waals surface area contributed by atoms with E-state index in [1.807, 2.05) is 0 Å². The number of allylic oxidation sites excluding steroid dienone is 2. The number of esters is 1. The first-order chi connectivity index (χ1) is 23.5. The zero-order valence-electron chi connectivity index (χ0n) is 31.9. The maximum Gasteiger partial charge on any atom is 0.322 e. The second-order valence-corrected chi connectivity index (χ2v) is 14.2. The quantitative estimate of drug-likeness (QED) is 0.0385. The highest BCUT2D eigenvalue weighted by Crippen LogP contribution is 2.18. The third-order valence-electron chi connectivity index (χ3n) is 9.44. The molecule has 0 radical (unpaired) electrons. The Balaban J connectivity index is 4.14. The van der Waals surface area contributed by atoms with Gasteiger partial charge in [-0.2, -0.15) is 0 Å². The minimum absolute atomic E-state index is 0.00241. The first-order valence-electron chi connectivity index (χ1n) is 20.8. The van der Waals surface area contributed by atoms with E-state index < -0.39 is 5.97 Å². The fraction of sp³-hybridized carbons (Fsp3) is 0.881. The molecule has 1 atom stereocenters. The molecule has 0 aromatic heterocycles. The molecule has 0 aliphatic carbocycles. The molecule has 0 rings (SSSR count). The van der Waals surface area contributed by atoms with Crippen LogP contribution in [0.1, 0.15) is 226 Å². The Morgan fingerprint density at radius 3 is 1.42 bits per heavy atom. The van der Waals surface area contributed by atoms with Crippen molar-refractivity contribution in [2.75, 3.05) is 6.54 Å². The van der Waals surface area contributed by atoms with Crippen LogP contribution in [0, 0.1) is 0 Å². The van der Waals surface area contributed by atoms with Crippen LogP contribution in [0.25, 0.3) is 0 Å². The van der Waals surface area contributed by atoms with Crippen molar-refractivity contribution in [2.45, 2.75) is 232 Å². The van der Waals surface area contributed by atoms with E-state index in [1.165, 1.54) is 128 Å². The van der Waals surface area contributed by atoms with Crippen LogP contribution in [-0.4, -0.2) is 35.6 Å². The number of carboxylic acid groups (broad SMARTS) is 1. The maximum absolute atomic E-state index is 12.7. The van der Waals surface area contributed by atoms with Gasteiger partial charge in [-0.25, -0.2) is 0 Å². The van der Waals surface area contributed by atoms with Crippen molar-refractivity contribution in [1.82, 2.24) is 5.32 Å². The van der Waals surface area contributed by atoms with Gasteiger partial charge in [-0.1, -0.05) is 167 Å². The summed E-state index contributed by atoms with van der Waals surface area (Å²) in [5, 5.41) is 11.1. The molecule has 0 bridgehead atoms. The second-order valence-electron chi connectivity index (χ2n) is 14.2. The molecule has 0 saturated heterocycles. The van der Waals surface area contributed by atoms with Crippen molar-refractivity contribution in [3.05, 3.63) is 12.2 Å². The monoisotopic (exact) mass is 678 g/mol. The SMILES string of the molecule is CCCCCCCC/C=C\CCCC(CCCCCCCC(=O)NCC(=O)O)OC(=O)CCCCCCCCCCCCCCCCC. The fourth-order valence-corrected chi connectivity index (χ4v) is 6.34. The van der Waals surface area contributed by atoms with Crippen LogP contribution < -0.4 is 5.32 Å². The molecule has 6 nitrogen and oxygen atoms in total. The summed E-state index contributed by atoms with van der Waals surface area (Å²) in [7, 11) is 0. The number of ether oxygens (including phenoxy) is 1. The van der Waals surface area contributed by atoms with Gasteiger partial charge in [-0.05, 0) is 57.8 Å². The van der Waals surface area contributed by atoms with Gasteiger partial charge in [0.2, 0.25) is 5.91 Å². The number of rotatable bonds is 38. The van der Waals surface area contributed by atoms with Gasteiger partial charge < -0.3 is 15.2 Å². The van der Waals surface area contributed by atoms with Gasteiger partial charge >= 0.3 is 11.9 Å². The molecule has 0 aliphatic rings. The molecule has 2 N–H and O–H groups in total. The van der Waals surface area contributed by atoms with Crippen molar-refractivity contribution < 1.29 is 24.2 Å². The second kappa shape index (κ2) is 38.0. The molecule has 1 unspecified atom stereocenters. The molecule has 0 fully saturated rings. The number of aliphatic carboxylic acids is 1. The summed E-state index contributed by atoms with van der Waals surface area (Å²) >= 11 is 0. The van der Waals surface area contributed by atoms with Gasteiger partial charge in [0, 0.05) is 12.8 Å². The summed E-state index contributed by atoms with van der Waals surface area (Å²) in [6.45, 7) is 4.23. The van der Waals surface area contributed by atoms with E-state index in [-0.39, 0.29) is 24.5 Å². The third kappa shape index (κ3) is 37.0. The number of carboxylic acids is 1. The van der Waals surface area contributed by atoms with E-state index in [0.717, 1.165) is 70.6 Å². The predicted molar refractivity (Wildman–Crippen MR) is 203 cm³/mol. The van der Waals surface area contributed by atoms with Crippen LogP contribution in [0.2, 0.25) is 0 Å². The zero-order chi connectivity index (χ0) is 35.2. The summed E-state index contributed by atoms with van der Waals surface area (Å²) < 4.78 is 6.00. The van der Waals surface area contributed by atoms with Crippen LogP contribution >= 0.6 is 0 Å². The lowest BCUT2D eigenvalue weighted by atomic mass is 10.0. The van der Waals surface area contributed by atoms with E-state index in [2.05, 4.69) is 31.3 Å². The van der Waals surface area contributed by atoms with Gasteiger partial charge in [-0.3, -0.25) is 14.4 Å². The standard InChI is InChI=1S/C42H79NO5/c1-3-5-7-9-11-13-15-16-17-18-20-22-24-29-33-37-42(47)48-39(34-30-26-23-21-19-14-12-10-8-6-4-2)35-31-27-25-28-32-36-40(44)43-38-41(45)46/h21,23,39H,3-20,22,24-38H2,1-2H3,(H,43,44)(H,45,46)/b23-21-. The number of hydrogen-bond acceptors (Lipinski definition) is 4. The third-order valence-corrected chi connectivity index (χ3v) is 9.44. The Bertz CT molecular complexity index is 752. The average Bonchev–Trinajstić information content (AvgIpc) is 3.07. The normalized spacial score (nSPS) is 12.0. The largest absolute Gasteiger partial charge is 0.480 e. The molecular weight excluding hydrogens is 598 g/mol. The number of amides is 1. The van der Waals surface area contributed by atoms with Crippen LogP contribution in [0.5, 0.6) is 0 Å². The van der Waals surface area contributed by atoms with Crippen LogP contribution in [0.3, 0.4) is 0 Å². The smallest absolute Gasteiger partial charge is 0.322 e. The zero-order valence-corrected chi connectivity index (χ0v) is 31.9. The van der Waals surface area contributed by atoms with Gasteiger partial charge in [0.05, 0.1) is 0 Å². The minimum Gasteiger partial charge on any atom is -0.480 e. The van der Waals surface area contributed by atoms with Crippen LogP contribution in [-0.2, 0) is 19.1 Å². The summed E-state index contributed by atoms with van der Waals surface area (Å²) in [5.41, 5.74) is 0. The van der Waals surface area contributed by atoms with Gasteiger partial charge in [0.1, 0.15) is 12.6 Å². The Labute approximate surface area is 297 Å².